The van der Waals surface area contributed by atoms with E-state index in [0.29, 0.717) is 66.9 Å². The first kappa shape index (κ1) is 27.8. The van der Waals surface area contributed by atoms with Crippen LogP contribution >= 0.6 is 0 Å². The second-order valence-electron chi connectivity index (χ2n) is 10.4. The fourth-order valence-corrected chi connectivity index (χ4v) is 7.13. The van der Waals surface area contributed by atoms with Crippen LogP contribution in [0, 0.1) is 5.82 Å². The van der Waals surface area contributed by atoms with Crippen molar-refractivity contribution in [3.05, 3.63) is 96.4 Å². The molecule has 4 aromatic rings. The van der Waals surface area contributed by atoms with E-state index in [9.17, 15) is 17.6 Å². The summed E-state index contributed by atoms with van der Waals surface area (Å²) in [5.74, 6) is 0.541. The van der Waals surface area contributed by atoms with Gasteiger partial charge in [0.2, 0.25) is 0 Å². The van der Waals surface area contributed by atoms with Crippen LogP contribution in [0.2, 0.25) is 0 Å². The number of benzene rings is 3. The monoisotopic (exact) mass is 588 g/mol. The van der Waals surface area contributed by atoms with Gasteiger partial charge in [0.15, 0.2) is 15.7 Å². The number of nitrogens with one attached hydrogen (secondary N) is 1. The number of halogens is 1. The lowest BCUT2D eigenvalue weighted by Crippen LogP contribution is -2.44. The van der Waals surface area contributed by atoms with Crippen molar-refractivity contribution in [1.82, 2.24) is 9.97 Å². The molecule has 1 aliphatic heterocycles. The van der Waals surface area contributed by atoms with Crippen molar-refractivity contribution < 1.29 is 27.1 Å². The van der Waals surface area contributed by atoms with E-state index in [1.165, 1.54) is 18.2 Å². The van der Waals surface area contributed by atoms with Crippen molar-refractivity contribution >= 4 is 27.4 Å². The van der Waals surface area contributed by atoms with E-state index >= 15 is 0 Å². The van der Waals surface area contributed by atoms with E-state index in [2.05, 4.69) is 10.2 Å². The highest BCUT2D eigenvalue weighted by molar-refractivity contribution is 7.92. The van der Waals surface area contributed by atoms with Crippen molar-refractivity contribution in [2.75, 3.05) is 30.0 Å². The zero-order chi connectivity index (χ0) is 29.3. The van der Waals surface area contributed by atoms with Crippen LogP contribution in [-0.4, -0.2) is 50.3 Å². The molecule has 2 aliphatic rings. The van der Waals surface area contributed by atoms with E-state index in [0.717, 1.165) is 6.07 Å². The Kier molecular flexibility index (Phi) is 7.38. The maximum atomic E-state index is 14.7. The fraction of sp³-hybridized carbons (Fsp3) is 0.258. The Balaban J connectivity index is 1.34. The lowest BCUT2D eigenvalue weighted by Gasteiger charge is -2.34. The van der Waals surface area contributed by atoms with Gasteiger partial charge in [-0.05, 0) is 68.3 Å². The average Bonchev–Trinajstić information content (AvgIpc) is 3.81. The van der Waals surface area contributed by atoms with Gasteiger partial charge in [-0.15, -0.1) is 0 Å². The molecule has 1 aliphatic carbocycles. The molecule has 0 bridgehead atoms. The molecule has 3 aromatic carbocycles. The third-order valence-electron chi connectivity index (χ3n) is 7.53. The molecule has 2 heterocycles. The number of amides is 1. The van der Waals surface area contributed by atoms with E-state index in [1.807, 2.05) is 13.0 Å². The number of aromatic nitrogens is 2. The van der Waals surface area contributed by atoms with E-state index in [4.69, 9.17) is 19.4 Å². The van der Waals surface area contributed by atoms with Crippen LogP contribution in [0.4, 0.5) is 20.7 Å². The zero-order valence-corrected chi connectivity index (χ0v) is 23.7. The minimum atomic E-state index is -4.09. The number of hydrogen-bond donors (Lipinski definition) is 1. The summed E-state index contributed by atoms with van der Waals surface area (Å²) in [5, 5.41) is 2.69. The molecule has 1 atom stereocenters. The van der Waals surface area contributed by atoms with Gasteiger partial charge in [-0.1, -0.05) is 30.3 Å². The molecule has 0 radical (unpaired) electrons. The van der Waals surface area contributed by atoms with E-state index < -0.39 is 26.5 Å². The zero-order valence-electron chi connectivity index (χ0n) is 22.9. The number of ether oxygens (including phenoxy) is 2. The minimum Gasteiger partial charge on any atom is -0.410 e. The molecule has 9 nitrogen and oxygen atoms in total. The quantitative estimate of drug-likeness (QED) is 0.298. The molecule has 0 unspecified atom stereocenters. The van der Waals surface area contributed by atoms with E-state index in [1.54, 1.807) is 54.6 Å². The number of carbonyl (C=O) groups is 1. The number of morpholine rings is 1. The van der Waals surface area contributed by atoms with E-state index in [-0.39, 0.29) is 10.9 Å². The summed E-state index contributed by atoms with van der Waals surface area (Å²) in [6.07, 6.45) is 0.0136. The Morgan fingerprint density at radius 2 is 1.74 bits per heavy atom. The van der Waals surface area contributed by atoms with Gasteiger partial charge >= 0.3 is 6.09 Å². The van der Waals surface area contributed by atoms with Gasteiger partial charge in [-0.2, -0.15) is 0 Å². The fourth-order valence-electron chi connectivity index (χ4n) is 5.10. The predicted octanol–water partition coefficient (Wildman–Crippen LogP) is 5.58. The largest absolute Gasteiger partial charge is 0.417 e. The molecule has 1 amide bonds. The van der Waals surface area contributed by atoms with Crippen LogP contribution in [0.1, 0.15) is 25.5 Å². The molecule has 1 saturated heterocycles. The van der Waals surface area contributed by atoms with Crippen LogP contribution < -0.4 is 15.0 Å². The summed E-state index contributed by atoms with van der Waals surface area (Å²) in [7, 11) is -4.09. The Morgan fingerprint density at radius 3 is 2.43 bits per heavy atom. The number of nitrogens with zero attached hydrogens (tertiary/aromatic N) is 3. The summed E-state index contributed by atoms with van der Waals surface area (Å²) < 4.78 is 51.9. The molecule has 1 N–H and O–H groups in total. The topological polar surface area (TPSA) is 111 Å². The first-order valence-electron chi connectivity index (χ1n) is 13.6. The number of anilines is 2. The summed E-state index contributed by atoms with van der Waals surface area (Å²) in [6, 6.07) is 22.8. The van der Waals surface area contributed by atoms with Crippen molar-refractivity contribution in [3.63, 3.8) is 0 Å². The van der Waals surface area contributed by atoms with Crippen LogP contribution in [0.5, 0.6) is 5.75 Å². The molecular formula is C31H29FN4O5S. The lowest BCUT2D eigenvalue weighted by atomic mass is 10.1. The average molecular weight is 589 g/mol. The van der Waals surface area contributed by atoms with Crippen LogP contribution in [0.3, 0.4) is 0 Å². The van der Waals surface area contributed by atoms with Crippen LogP contribution in [0.15, 0.2) is 89.8 Å². The standard InChI is InChI=1S/C31H29FN4O5S/c1-21-20-40-18-17-36(21)28-19-27(31(15-16-31)42(38,39)26-10-6-5-9-25(26)32)34-29(35-28)22-11-13-23(14-12-22)33-30(37)41-24-7-3-2-4-8-24/h2-14,19,21H,15-18,20H2,1H3,(H,33,37)/t21-/m0/s1. The second kappa shape index (κ2) is 11.1. The first-order chi connectivity index (χ1) is 20.3. The normalized spacial score (nSPS) is 17.9. The van der Waals surface area contributed by atoms with Gasteiger partial charge in [0.05, 0.1) is 24.9 Å². The number of para-hydroxylation sites is 1. The number of hydrogen-bond acceptors (Lipinski definition) is 8. The van der Waals surface area contributed by atoms with Gasteiger partial charge in [0.25, 0.3) is 0 Å². The van der Waals surface area contributed by atoms with Crippen molar-refractivity contribution in [1.29, 1.82) is 0 Å². The molecule has 0 spiro atoms. The van der Waals surface area contributed by atoms with Crippen LogP contribution in [-0.2, 0) is 19.3 Å². The Bertz CT molecular complexity index is 1710. The molecular weight excluding hydrogens is 559 g/mol. The number of sulfone groups is 1. The Labute approximate surface area is 243 Å². The summed E-state index contributed by atoms with van der Waals surface area (Å²) >= 11 is 0. The third kappa shape index (κ3) is 5.33. The SMILES string of the molecule is C[C@H]1COCCN1c1cc(C2(S(=O)(=O)c3ccccc3F)CC2)nc(-c2ccc(NC(=O)Oc3ccccc3)cc2)n1. The molecule has 1 aromatic heterocycles. The molecule has 11 heteroatoms. The Hall–Kier alpha value is -4.35. The van der Waals surface area contributed by atoms with Gasteiger partial charge in [-0.25, -0.2) is 27.6 Å². The lowest BCUT2D eigenvalue weighted by molar-refractivity contribution is 0.0985. The molecule has 216 valence electrons. The first-order valence-corrected chi connectivity index (χ1v) is 15.1. The third-order valence-corrected chi connectivity index (χ3v) is 10.1. The van der Waals surface area contributed by atoms with Crippen molar-refractivity contribution in [3.8, 4) is 17.1 Å². The number of rotatable bonds is 7. The van der Waals surface area contributed by atoms with Crippen LogP contribution in [0.25, 0.3) is 11.4 Å². The van der Waals surface area contributed by atoms with Gasteiger partial charge < -0.3 is 14.4 Å². The predicted molar refractivity (Wildman–Crippen MR) is 156 cm³/mol. The highest BCUT2D eigenvalue weighted by atomic mass is 32.2. The summed E-state index contributed by atoms with van der Waals surface area (Å²) in [5.41, 5.74) is 1.46. The molecule has 6 rings (SSSR count). The minimum absolute atomic E-state index is 0.00915. The Morgan fingerprint density at radius 1 is 1.02 bits per heavy atom. The van der Waals surface area contributed by atoms with Crippen molar-refractivity contribution in [2.45, 2.75) is 35.4 Å². The highest BCUT2D eigenvalue weighted by Gasteiger charge is 2.58. The van der Waals surface area contributed by atoms with Gasteiger partial charge in [0.1, 0.15) is 27.0 Å². The number of carbonyl (C=O) groups excluding carboxylic acids is 1. The molecule has 42 heavy (non-hydrogen) atoms. The van der Waals surface area contributed by atoms with Crippen molar-refractivity contribution in [2.24, 2.45) is 0 Å². The maximum Gasteiger partial charge on any atom is 0.417 e. The smallest absolute Gasteiger partial charge is 0.410 e. The summed E-state index contributed by atoms with van der Waals surface area (Å²) in [6.45, 7) is 3.61. The second-order valence-corrected chi connectivity index (χ2v) is 12.6. The summed E-state index contributed by atoms with van der Waals surface area (Å²) in [4.78, 5) is 23.6. The molecule has 1 saturated carbocycles. The van der Waals surface area contributed by atoms with Gasteiger partial charge in [0, 0.05) is 23.9 Å². The maximum absolute atomic E-state index is 14.7. The highest BCUT2D eigenvalue weighted by Crippen LogP contribution is 2.55. The van der Waals surface area contributed by atoms with Gasteiger partial charge in [-0.3, -0.25) is 5.32 Å². The molecule has 2 fully saturated rings.